The van der Waals surface area contributed by atoms with Crippen LogP contribution in [-0.2, 0) is 16.1 Å². The van der Waals surface area contributed by atoms with Gasteiger partial charge in [-0.25, -0.2) is 9.18 Å². The summed E-state index contributed by atoms with van der Waals surface area (Å²) in [6.07, 6.45) is 0. The Kier molecular flexibility index (Phi) is 6.03. The molecule has 3 rings (SSSR count). The standard InChI is InChI=1S/C23H27FN2O3/c1-23(2,3)25-13-18(14-25)21(27)26(19-8-6-5-7-9-19)15-17-11-10-16(12-20(17)24)22(28)29-4/h5-12,18H,13-15H2,1-4H3. The van der Waals surface area contributed by atoms with Gasteiger partial charge in [-0.15, -0.1) is 0 Å². The predicted molar refractivity (Wildman–Crippen MR) is 110 cm³/mol. The van der Waals surface area contributed by atoms with E-state index in [1.807, 2.05) is 30.3 Å². The van der Waals surface area contributed by atoms with Crippen LogP contribution in [-0.4, -0.2) is 42.5 Å². The molecular weight excluding hydrogens is 371 g/mol. The summed E-state index contributed by atoms with van der Waals surface area (Å²) in [5.41, 5.74) is 1.24. The third kappa shape index (κ3) is 4.65. The maximum Gasteiger partial charge on any atom is 0.337 e. The number of para-hydroxylation sites is 1. The fourth-order valence-corrected chi connectivity index (χ4v) is 3.40. The number of methoxy groups -OCH3 is 1. The molecule has 5 nitrogen and oxygen atoms in total. The smallest absolute Gasteiger partial charge is 0.337 e. The second-order valence-electron chi connectivity index (χ2n) is 8.33. The van der Waals surface area contributed by atoms with Crippen LogP contribution in [0.15, 0.2) is 48.5 Å². The van der Waals surface area contributed by atoms with Crippen molar-refractivity contribution in [1.82, 2.24) is 4.90 Å². The Bertz CT molecular complexity index is 887. The van der Waals surface area contributed by atoms with Crippen LogP contribution in [0, 0.1) is 11.7 Å². The van der Waals surface area contributed by atoms with Crippen LogP contribution in [0.1, 0.15) is 36.7 Å². The van der Waals surface area contributed by atoms with E-state index in [9.17, 15) is 14.0 Å². The van der Waals surface area contributed by atoms with E-state index in [0.717, 1.165) is 11.8 Å². The van der Waals surface area contributed by atoms with Crippen molar-refractivity contribution in [1.29, 1.82) is 0 Å². The molecule has 0 spiro atoms. The summed E-state index contributed by atoms with van der Waals surface area (Å²) in [5.74, 6) is -1.27. The van der Waals surface area contributed by atoms with E-state index in [-0.39, 0.29) is 29.5 Å². The molecule has 1 saturated heterocycles. The minimum Gasteiger partial charge on any atom is -0.465 e. The van der Waals surface area contributed by atoms with Crippen molar-refractivity contribution in [2.24, 2.45) is 5.92 Å². The molecule has 1 heterocycles. The maximum absolute atomic E-state index is 14.6. The normalized spacial score (nSPS) is 14.9. The summed E-state index contributed by atoms with van der Waals surface area (Å²) in [4.78, 5) is 28.7. The molecule has 1 aliphatic rings. The monoisotopic (exact) mass is 398 g/mol. The topological polar surface area (TPSA) is 49.9 Å². The number of rotatable bonds is 5. The fourth-order valence-electron chi connectivity index (χ4n) is 3.40. The van der Waals surface area contributed by atoms with Crippen LogP contribution < -0.4 is 4.90 Å². The second kappa shape index (κ2) is 8.33. The van der Waals surface area contributed by atoms with Crippen LogP contribution in [0.5, 0.6) is 0 Å². The van der Waals surface area contributed by atoms with Gasteiger partial charge in [-0.1, -0.05) is 24.3 Å². The molecule has 0 aliphatic carbocycles. The third-order valence-corrected chi connectivity index (χ3v) is 5.32. The molecule has 154 valence electrons. The molecule has 0 bridgehead atoms. The number of amides is 1. The molecule has 2 aromatic rings. The zero-order valence-corrected chi connectivity index (χ0v) is 17.3. The van der Waals surface area contributed by atoms with Crippen LogP contribution in [0.2, 0.25) is 0 Å². The minimum absolute atomic E-state index is 0.0180. The molecule has 2 aromatic carbocycles. The van der Waals surface area contributed by atoms with Crippen molar-refractivity contribution < 1.29 is 18.7 Å². The lowest BCUT2D eigenvalue weighted by Crippen LogP contribution is -2.60. The molecule has 1 aliphatic heterocycles. The van der Waals surface area contributed by atoms with E-state index in [2.05, 4.69) is 30.4 Å². The molecule has 0 saturated carbocycles. The van der Waals surface area contributed by atoms with E-state index >= 15 is 0 Å². The Morgan fingerprint density at radius 3 is 2.34 bits per heavy atom. The van der Waals surface area contributed by atoms with Crippen molar-refractivity contribution in [3.8, 4) is 0 Å². The predicted octanol–water partition coefficient (Wildman–Crippen LogP) is 3.88. The van der Waals surface area contributed by atoms with Gasteiger partial charge in [0.25, 0.3) is 0 Å². The van der Waals surface area contributed by atoms with Gasteiger partial charge in [-0.3, -0.25) is 9.69 Å². The van der Waals surface area contributed by atoms with E-state index in [1.54, 1.807) is 4.90 Å². The zero-order valence-electron chi connectivity index (χ0n) is 17.3. The summed E-state index contributed by atoms with van der Waals surface area (Å²) < 4.78 is 19.3. The minimum atomic E-state index is -0.594. The Hall–Kier alpha value is -2.73. The van der Waals surface area contributed by atoms with Gasteiger partial charge in [0.15, 0.2) is 0 Å². The van der Waals surface area contributed by atoms with Crippen LogP contribution in [0.4, 0.5) is 10.1 Å². The number of benzene rings is 2. The Balaban J connectivity index is 1.82. The van der Waals surface area contributed by atoms with Gasteiger partial charge in [0.2, 0.25) is 5.91 Å². The van der Waals surface area contributed by atoms with Gasteiger partial charge in [-0.05, 0) is 45.0 Å². The maximum atomic E-state index is 14.6. The summed E-state index contributed by atoms with van der Waals surface area (Å²) >= 11 is 0. The lowest BCUT2D eigenvalue weighted by Gasteiger charge is -2.48. The molecule has 0 aromatic heterocycles. The molecule has 0 unspecified atom stereocenters. The molecule has 1 fully saturated rings. The van der Waals surface area contributed by atoms with Crippen LogP contribution in [0.25, 0.3) is 0 Å². The summed E-state index contributed by atoms with van der Waals surface area (Å²) in [5, 5.41) is 0. The number of esters is 1. The first-order valence-corrected chi connectivity index (χ1v) is 9.69. The third-order valence-electron chi connectivity index (χ3n) is 5.32. The SMILES string of the molecule is COC(=O)c1ccc(CN(C(=O)C2CN(C(C)(C)C)C2)c2ccccc2)c(F)c1. The molecule has 29 heavy (non-hydrogen) atoms. The van der Waals surface area contributed by atoms with E-state index < -0.39 is 11.8 Å². The van der Waals surface area contributed by atoms with E-state index in [4.69, 9.17) is 0 Å². The van der Waals surface area contributed by atoms with Crippen molar-refractivity contribution in [3.63, 3.8) is 0 Å². The highest BCUT2D eigenvalue weighted by Gasteiger charge is 2.40. The highest BCUT2D eigenvalue weighted by Crippen LogP contribution is 2.29. The number of hydrogen-bond acceptors (Lipinski definition) is 4. The largest absolute Gasteiger partial charge is 0.465 e. The number of ether oxygens (including phenoxy) is 1. The average molecular weight is 398 g/mol. The lowest BCUT2D eigenvalue weighted by atomic mass is 9.91. The quantitative estimate of drug-likeness (QED) is 0.718. The first-order valence-electron chi connectivity index (χ1n) is 9.69. The number of hydrogen-bond donors (Lipinski definition) is 0. The molecular formula is C23H27FN2O3. The van der Waals surface area contributed by atoms with Crippen molar-refractivity contribution >= 4 is 17.6 Å². The van der Waals surface area contributed by atoms with E-state index in [0.29, 0.717) is 18.7 Å². The number of likely N-dealkylation sites (tertiary alicyclic amines) is 1. The first-order chi connectivity index (χ1) is 13.7. The number of nitrogens with zero attached hydrogens (tertiary/aromatic N) is 2. The van der Waals surface area contributed by atoms with E-state index in [1.165, 1.54) is 19.2 Å². The number of anilines is 1. The highest BCUT2D eigenvalue weighted by molar-refractivity contribution is 5.96. The Morgan fingerprint density at radius 2 is 1.79 bits per heavy atom. The molecule has 6 heteroatoms. The Labute approximate surface area is 171 Å². The first kappa shape index (κ1) is 21.0. The molecule has 0 atom stereocenters. The summed E-state index contributed by atoms with van der Waals surface area (Å²) in [6.45, 7) is 7.86. The fraction of sp³-hybridized carbons (Fsp3) is 0.391. The van der Waals surface area contributed by atoms with Crippen LogP contribution in [0.3, 0.4) is 0 Å². The van der Waals surface area contributed by atoms with Crippen LogP contribution >= 0.6 is 0 Å². The Morgan fingerprint density at radius 1 is 1.14 bits per heavy atom. The lowest BCUT2D eigenvalue weighted by molar-refractivity contribution is -0.130. The zero-order chi connectivity index (χ0) is 21.2. The van der Waals surface area contributed by atoms with Gasteiger partial charge in [0, 0.05) is 29.9 Å². The van der Waals surface area contributed by atoms with Crippen molar-refractivity contribution in [3.05, 3.63) is 65.5 Å². The number of carbonyl (C=O) groups is 2. The summed E-state index contributed by atoms with van der Waals surface area (Å²) in [7, 11) is 1.25. The van der Waals surface area contributed by atoms with Gasteiger partial charge >= 0.3 is 5.97 Å². The average Bonchev–Trinajstić information content (AvgIpc) is 2.64. The van der Waals surface area contributed by atoms with Crippen molar-refractivity contribution in [2.45, 2.75) is 32.9 Å². The summed E-state index contributed by atoms with van der Waals surface area (Å²) in [6, 6.07) is 13.5. The van der Waals surface area contributed by atoms with Gasteiger partial charge in [-0.2, -0.15) is 0 Å². The van der Waals surface area contributed by atoms with Gasteiger partial charge < -0.3 is 9.64 Å². The second-order valence-corrected chi connectivity index (χ2v) is 8.33. The molecule has 1 amide bonds. The number of halogens is 1. The molecule has 0 radical (unpaired) electrons. The van der Waals surface area contributed by atoms with Gasteiger partial charge in [0.1, 0.15) is 5.82 Å². The highest BCUT2D eigenvalue weighted by atomic mass is 19.1. The molecule has 0 N–H and O–H groups in total. The van der Waals surface area contributed by atoms with Crippen molar-refractivity contribution in [2.75, 3.05) is 25.1 Å². The number of carbonyl (C=O) groups excluding carboxylic acids is 2. The van der Waals surface area contributed by atoms with Gasteiger partial charge in [0.05, 0.1) is 25.1 Å².